The maximum Gasteiger partial charge on any atom is 0.307 e. The van der Waals surface area contributed by atoms with E-state index in [-0.39, 0.29) is 12.0 Å². The maximum absolute atomic E-state index is 11.6. The number of hydrogen-bond donors (Lipinski definition) is 0. The van der Waals surface area contributed by atoms with Gasteiger partial charge in [0.1, 0.15) is 0 Å². The highest BCUT2D eigenvalue weighted by Gasteiger charge is 2.23. The zero-order valence-electron chi connectivity index (χ0n) is 13.1. The molecule has 1 atom stereocenters. The van der Waals surface area contributed by atoms with Gasteiger partial charge in [0.25, 0.3) is 0 Å². The highest BCUT2D eigenvalue weighted by atomic mass is 16.5. The third-order valence-corrected chi connectivity index (χ3v) is 4.38. The zero-order chi connectivity index (χ0) is 15.5. The van der Waals surface area contributed by atoms with Gasteiger partial charge in [-0.3, -0.25) is 9.69 Å². The van der Waals surface area contributed by atoms with E-state index in [9.17, 15) is 4.79 Å². The van der Waals surface area contributed by atoms with E-state index in [1.807, 2.05) is 0 Å². The van der Waals surface area contributed by atoms with E-state index in [1.165, 1.54) is 29.4 Å². The van der Waals surface area contributed by atoms with Crippen molar-refractivity contribution in [3.05, 3.63) is 59.7 Å². The molecule has 3 heteroatoms. The van der Waals surface area contributed by atoms with Crippen LogP contribution in [0.15, 0.2) is 48.5 Å². The highest BCUT2D eigenvalue weighted by Crippen LogP contribution is 2.33. The number of ether oxygens (including phenoxy) is 1. The van der Waals surface area contributed by atoms with Gasteiger partial charge in [-0.2, -0.15) is 0 Å². The first-order valence-corrected chi connectivity index (χ1v) is 7.66. The van der Waals surface area contributed by atoms with Gasteiger partial charge < -0.3 is 4.74 Å². The van der Waals surface area contributed by atoms with Crippen LogP contribution in [-0.4, -0.2) is 24.0 Å². The van der Waals surface area contributed by atoms with Crippen molar-refractivity contribution in [1.82, 2.24) is 4.90 Å². The van der Waals surface area contributed by atoms with Gasteiger partial charge in [0.2, 0.25) is 0 Å². The highest BCUT2D eigenvalue weighted by molar-refractivity contribution is 5.72. The van der Waals surface area contributed by atoms with Gasteiger partial charge in [-0.25, -0.2) is 0 Å². The number of methoxy groups -OCH3 is 1. The monoisotopic (exact) mass is 295 g/mol. The Morgan fingerprint density at radius 2 is 1.55 bits per heavy atom. The first kappa shape index (κ1) is 14.8. The van der Waals surface area contributed by atoms with Crippen molar-refractivity contribution in [2.24, 2.45) is 0 Å². The number of fused-ring (bicyclic) bond motifs is 3. The summed E-state index contributed by atoms with van der Waals surface area (Å²) in [6, 6.07) is 17.2. The fraction of sp³-hybridized carbons (Fsp3) is 0.316. The van der Waals surface area contributed by atoms with Crippen molar-refractivity contribution in [2.45, 2.75) is 32.5 Å². The Balaban J connectivity index is 1.97. The van der Waals surface area contributed by atoms with Crippen LogP contribution in [0.2, 0.25) is 0 Å². The molecule has 0 fully saturated rings. The Kier molecular flexibility index (Phi) is 4.25. The van der Waals surface area contributed by atoms with Crippen LogP contribution in [0.5, 0.6) is 0 Å². The minimum Gasteiger partial charge on any atom is -0.469 e. The van der Waals surface area contributed by atoms with Crippen molar-refractivity contribution >= 4 is 5.97 Å². The molecular weight excluding hydrogens is 274 g/mol. The topological polar surface area (TPSA) is 29.5 Å². The molecule has 0 spiro atoms. The number of hydrogen-bond acceptors (Lipinski definition) is 3. The molecule has 0 saturated carbocycles. The van der Waals surface area contributed by atoms with Crippen LogP contribution in [0, 0.1) is 0 Å². The molecule has 1 heterocycles. The second-order valence-electron chi connectivity index (χ2n) is 5.85. The summed E-state index contributed by atoms with van der Waals surface area (Å²) in [4.78, 5) is 13.9. The summed E-state index contributed by atoms with van der Waals surface area (Å²) in [6.45, 7) is 3.79. The molecule has 1 aliphatic heterocycles. The molecule has 1 unspecified atom stereocenters. The van der Waals surface area contributed by atoms with Crippen LogP contribution < -0.4 is 0 Å². The zero-order valence-corrected chi connectivity index (χ0v) is 13.1. The fourth-order valence-electron chi connectivity index (χ4n) is 3.10. The summed E-state index contributed by atoms with van der Waals surface area (Å²) >= 11 is 0. The molecule has 114 valence electrons. The molecule has 0 amide bonds. The third kappa shape index (κ3) is 2.90. The summed E-state index contributed by atoms with van der Waals surface area (Å²) in [5.74, 6) is -0.154. The van der Waals surface area contributed by atoms with Gasteiger partial charge in [-0.1, -0.05) is 48.5 Å². The Hall–Kier alpha value is -2.13. The molecule has 22 heavy (non-hydrogen) atoms. The van der Waals surface area contributed by atoms with Crippen molar-refractivity contribution in [1.29, 1.82) is 0 Å². The molecule has 0 aliphatic carbocycles. The van der Waals surface area contributed by atoms with Crippen molar-refractivity contribution in [3.63, 3.8) is 0 Å². The lowest BCUT2D eigenvalue weighted by Gasteiger charge is -2.27. The first-order valence-electron chi connectivity index (χ1n) is 7.66. The van der Waals surface area contributed by atoms with E-state index in [1.54, 1.807) is 0 Å². The number of nitrogens with zero attached hydrogens (tertiary/aromatic N) is 1. The van der Waals surface area contributed by atoms with E-state index in [4.69, 9.17) is 4.74 Å². The predicted molar refractivity (Wildman–Crippen MR) is 87.2 cm³/mol. The van der Waals surface area contributed by atoms with Crippen LogP contribution >= 0.6 is 0 Å². The van der Waals surface area contributed by atoms with Crippen LogP contribution in [0.25, 0.3) is 11.1 Å². The van der Waals surface area contributed by atoms with Crippen LogP contribution in [0.1, 0.15) is 24.5 Å². The van der Waals surface area contributed by atoms with Gasteiger partial charge in [-0.05, 0) is 29.2 Å². The molecule has 1 aliphatic rings. The second kappa shape index (κ2) is 6.32. The lowest BCUT2D eigenvalue weighted by atomic mass is 9.97. The average molecular weight is 295 g/mol. The third-order valence-electron chi connectivity index (χ3n) is 4.38. The minimum atomic E-state index is -0.154. The van der Waals surface area contributed by atoms with Gasteiger partial charge in [0.05, 0.1) is 13.5 Å². The van der Waals surface area contributed by atoms with Gasteiger partial charge in [0, 0.05) is 19.1 Å². The molecule has 2 aromatic carbocycles. The van der Waals surface area contributed by atoms with E-state index in [2.05, 4.69) is 60.4 Å². The Labute approximate surface area is 131 Å². The standard InChI is InChI=1S/C19H21NO2/c1-14(11-19(21)22-2)20-12-15-7-3-5-9-17(15)18-10-6-4-8-16(18)13-20/h3-10,14H,11-13H2,1-2H3. The Bertz CT molecular complexity index is 633. The van der Waals surface area contributed by atoms with Crippen LogP contribution in [-0.2, 0) is 22.6 Å². The number of benzene rings is 2. The molecule has 0 bridgehead atoms. The predicted octanol–water partition coefficient (Wildman–Crippen LogP) is 3.62. The molecule has 2 aromatic rings. The van der Waals surface area contributed by atoms with E-state index < -0.39 is 0 Å². The summed E-state index contributed by atoms with van der Waals surface area (Å²) in [6.07, 6.45) is 0.417. The van der Waals surface area contributed by atoms with Gasteiger partial charge in [-0.15, -0.1) is 0 Å². The SMILES string of the molecule is COC(=O)CC(C)N1Cc2ccccc2-c2ccccc2C1. The second-order valence-corrected chi connectivity index (χ2v) is 5.85. The lowest BCUT2D eigenvalue weighted by Crippen LogP contribution is -2.33. The number of carbonyl (C=O) groups excluding carboxylic acids is 1. The molecular formula is C19H21NO2. The lowest BCUT2D eigenvalue weighted by molar-refractivity contribution is -0.142. The summed E-state index contributed by atoms with van der Waals surface area (Å²) in [5.41, 5.74) is 5.21. The van der Waals surface area contributed by atoms with E-state index in [0.717, 1.165) is 13.1 Å². The summed E-state index contributed by atoms with van der Waals surface area (Å²) < 4.78 is 4.82. The van der Waals surface area contributed by atoms with Crippen LogP contribution in [0.4, 0.5) is 0 Å². The fourth-order valence-corrected chi connectivity index (χ4v) is 3.10. The van der Waals surface area contributed by atoms with Gasteiger partial charge >= 0.3 is 5.97 Å². The average Bonchev–Trinajstić information content (AvgIpc) is 2.71. The molecule has 3 rings (SSSR count). The molecule has 3 nitrogen and oxygen atoms in total. The van der Waals surface area contributed by atoms with Crippen LogP contribution in [0.3, 0.4) is 0 Å². The number of rotatable bonds is 3. The molecule has 0 radical (unpaired) electrons. The minimum absolute atomic E-state index is 0.145. The maximum atomic E-state index is 11.6. The number of carbonyl (C=O) groups is 1. The summed E-state index contributed by atoms with van der Waals surface area (Å²) in [5, 5.41) is 0. The smallest absolute Gasteiger partial charge is 0.307 e. The van der Waals surface area contributed by atoms with Crippen molar-refractivity contribution < 1.29 is 9.53 Å². The number of esters is 1. The first-order chi connectivity index (χ1) is 10.7. The molecule has 0 N–H and O–H groups in total. The Morgan fingerprint density at radius 3 is 2.05 bits per heavy atom. The molecule has 0 saturated heterocycles. The van der Waals surface area contributed by atoms with E-state index in [0.29, 0.717) is 6.42 Å². The van der Waals surface area contributed by atoms with E-state index >= 15 is 0 Å². The summed E-state index contributed by atoms with van der Waals surface area (Å²) in [7, 11) is 1.45. The van der Waals surface area contributed by atoms with Gasteiger partial charge in [0.15, 0.2) is 0 Å². The molecule has 0 aromatic heterocycles. The Morgan fingerprint density at radius 1 is 1.05 bits per heavy atom. The quantitative estimate of drug-likeness (QED) is 0.810. The van der Waals surface area contributed by atoms with Crippen molar-refractivity contribution in [2.75, 3.05) is 7.11 Å². The normalized spacial score (nSPS) is 15.4. The largest absolute Gasteiger partial charge is 0.469 e. The van der Waals surface area contributed by atoms with Crippen molar-refractivity contribution in [3.8, 4) is 11.1 Å².